The van der Waals surface area contributed by atoms with Crippen LogP contribution in [0.5, 0.6) is 0 Å². The zero-order valence-corrected chi connectivity index (χ0v) is 23.3. The third-order valence-electron chi connectivity index (χ3n) is 6.70. The predicted octanol–water partition coefficient (Wildman–Crippen LogP) is 10.4. The van der Waals surface area contributed by atoms with E-state index in [2.05, 4.69) is 39.7 Å². The lowest BCUT2D eigenvalue weighted by molar-refractivity contribution is -0.877. The zero-order valence-electron chi connectivity index (χ0n) is 22.5. The van der Waals surface area contributed by atoms with Gasteiger partial charge in [-0.25, -0.2) is 0 Å². The Morgan fingerprint density at radius 1 is 0.419 bits per heavy atom. The smallest absolute Gasteiger partial charge is 0.125 e. The summed E-state index contributed by atoms with van der Waals surface area (Å²) < 4.78 is 1.21. The van der Waals surface area contributed by atoms with E-state index in [9.17, 15) is 0 Å². The molecule has 0 radical (unpaired) electrons. The highest BCUT2D eigenvalue weighted by Gasteiger charge is 2.13. The summed E-state index contributed by atoms with van der Waals surface area (Å²) >= 11 is 2.19. The molecule has 0 saturated carbocycles. The summed E-state index contributed by atoms with van der Waals surface area (Å²) in [6.45, 7) is 5.97. The standard InChI is InChI=1S/C29H62NS/c1-5-7-9-11-13-15-17-18-19-21-23-25-27-30(3,4)29-31-28-26-24-22-20-16-14-12-10-8-6-2/h5-29H2,1-4H3/q+1. The van der Waals surface area contributed by atoms with Gasteiger partial charge in [-0.3, -0.25) is 0 Å². The molecule has 0 aliphatic heterocycles. The van der Waals surface area contributed by atoms with E-state index >= 15 is 0 Å². The Hall–Kier alpha value is 0.310. The lowest BCUT2D eigenvalue weighted by Gasteiger charge is -2.29. The highest BCUT2D eigenvalue weighted by Crippen LogP contribution is 2.16. The first-order valence-electron chi connectivity index (χ1n) is 14.5. The summed E-state index contributed by atoms with van der Waals surface area (Å²) in [6, 6.07) is 0. The molecular weight excluding hydrogens is 394 g/mol. The molecule has 0 amide bonds. The van der Waals surface area contributed by atoms with Crippen molar-refractivity contribution in [2.75, 3.05) is 32.3 Å². The maximum absolute atomic E-state index is 2.43. The monoisotopic (exact) mass is 456 g/mol. The number of unbranched alkanes of at least 4 members (excludes halogenated alkanes) is 20. The Labute approximate surface area is 203 Å². The molecule has 0 aromatic heterocycles. The Morgan fingerprint density at radius 3 is 1.13 bits per heavy atom. The molecule has 0 fully saturated rings. The third kappa shape index (κ3) is 26.4. The second-order valence-corrected chi connectivity index (χ2v) is 11.8. The summed E-state index contributed by atoms with van der Waals surface area (Å²) in [4.78, 5) is 0. The Kier molecular flexibility index (Phi) is 25.2. The van der Waals surface area contributed by atoms with E-state index in [-0.39, 0.29) is 0 Å². The molecule has 31 heavy (non-hydrogen) atoms. The minimum atomic E-state index is 1.21. The molecule has 0 aromatic carbocycles. The van der Waals surface area contributed by atoms with Crippen LogP contribution in [0.2, 0.25) is 0 Å². The summed E-state index contributed by atoms with van der Waals surface area (Å²) in [5, 5.41) is 0. The van der Waals surface area contributed by atoms with Crippen LogP contribution < -0.4 is 0 Å². The predicted molar refractivity (Wildman–Crippen MR) is 147 cm³/mol. The van der Waals surface area contributed by atoms with E-state index in [1.165, 1.54) is 164 Å². The molecule has 0 rings (SSSR count). The van der Waals surface area contributed by atoms with Crippen molar-refractivity contribution in [2.45, 2.75) is 155 Å². The van der Waals surface area contributed by atoms with Crippen molar-refractivity contribution in [1.29, 1.82) is 0 Å². The summed E-state index contributed by atoms with van der Waals surface area (Å²) in [5.74, 6) is 2.67. The molecule has 2 heteroatoms. The van der Waals surface area contributed by atoms with E-state index in [1.807, 2.05) is 0 Å². The third-order valence-corrected chi connectivity index (χ3v) is 8.16. The molecule has 0 bridgehead atoms. The van der Waals surface area contributed by atoms with Crippen LogP contribution in [0.25, 0.3) is 0 Å². The van der Waals surface area contributed by atoms with Gasteiger partial charge in [0.15, 0.2) is 0 Å². The average Bonchev–Trinajstić information content (AvgIpc) is 2.75. The fraction of sp³-hybridized carbons (Fsp3) is 1.00. The van der Waals surface area contributed by atoms with Crippen molar-refractivity contribution in [3.05, 3.63) is 0 Å². The van der Waals surface area contributed by atoms with Gasteiger partial charge >= 0.3 is 0 Å². The summed E-state index contributed by atoms with van der Waals surface area (Å²) in [5.41, 5.74) is 0. The van der Waals surface area contributed by atoms with E-state index < -0.39 is 0 Å². The summed E-state index contributed by atoms with van der Waals surface area (Å²) in [7, 11) is 4.87. The molecule has 0 aliphatic rings. The lowest BCUT2D eigenvalue weighted by atomic mass is 10.1. The number of hydrogen-bond acceptors (Lipinski definition) is 1. The Bertz CT molecular complexity index is 299. The van der Waals surface area contributed by atoms with Crippen molar-refractivity contribution >= 4 is 11.8 Å². The fourth-order valence-electron chi connectivity index (χ4n) is 4.45. The fourth-order valence-corrected chi connectivity index (χ4v) is 5.61. The van der Waals surface area contributed by atoms with Crippen molar-refractivity contribution in [2.24, 2.45) is 0 Å². The van der Waals surface area contributed by atoms with Gasteiger partial charge < -0.3 is 4.48 Å². The molecule has 0 spiro atoms. The number of thioether (sulfide) groups is 1. The number of quaternary nitrogens is 1. The first-order chi connectivity index (χ1) is 15.1. The van der Waals surface area contributed by atoms with E-state index in [4.69, 9.17) is 0 Å². The van der Waals surface area contributed by atoms with Gasteiger partial charge in [0.25, 0.3) is 0 Å². The van der Waals surface area contributed by atoms with Gasteiger partial charge in [-0.1, -0.05) is 136 Å². The minimum Gasteiger partial charge on any atom is -0.320 e. The van der Waals surface area contributed by atoms with Crippen LogP contribution in [0.3, 0.4) is 0 Å². The molecule has 0 heterocycles. The maximum atomic E-state index is 2.43. The van der Waals surface area contributed by atoms with Crippen LogP contribution in [0, 0.1) is 0 Å². The van der Waals surface area contributed by atoms with Gasteiger partial charge in [0.05, 0.1) is 20.6 Å². The Balaban J connectivity index is 3.29. The van der Waals surface area contributed by atoms with Crippen LogP contribution in [-0.2, 0) is 0 Å². The first kappa shape index (κ1) is 31.3. The van der Waals surface area contributed by atoms with Gasteiger partial charge in [-0.15, -0.1) is 11.8 Å². The van der Waals surface area contributed by atoms with Gasteiger partial charge in [0.1, 0.15) is 5.88 Å². The van der Waals surface area contributed by atoms with Crippen LogP contribution in [0.4, 0.5) is 0 Å². The highest BCUT2D eigenvalue weighted by atomic mass is 32.2. The highest BCUT2D eigenvalue weighted by molar-refractivity contribution is 7.99. The molecule has 0 saturated heterocycles. The molecular formula is C29H62NS+. The molecule has 0 aliphatic carbocycles. The Morgan fingerprint density at radius 2 is 0.742 bits per heavy atom. The zero-order chi connectivity index (χ0) is 22.9. The number of nitrogens with zero attached hydrogens (tertiary/aromatic N) is 1. The second kappa shape index (κ2) is 24.9. The quantitative estimate of drug-likeness (QED) is 0.0708. The lowest BCUT2D eigenvalue weighted by Crippen LogP contribution is -2.40. The average molecular weight is 457 g/mol. The molecule has 188 valence electrons. The van der Waals surface area contributed by atoms with Crippen molar-refractivity contribution in [1.82, 2.24) is 0 Å². The van der Waals surface area contributed by atoms with Crippen molar-refractivity contribution in [3.8, 4) is 0 Å². The van der Waals surface area contributed by atoms with Crippen LogP contribution in [0.15, 0.2) is 0 Å². The van der Waals surface area contributed by atoms with Gasteiger partial charge in [-0.2, -0.15) is 0 Å². The topological polar surface area (TPSA) is 0 Å². The normalized spacial score (nSPS) is 12.0. The van der Waals surface area contributed by atoms with Crippen LogP contribution in [0.1, 0.15) is 155 Å². The molecule has 0 unspecified atom stereocenters. The summed E-state index contributed by atoms with van der Waals surface area (Å²) in [6.07, 6.45) is 31.9. The molecule has 1 nitrogen and oxygen atoms in total. The van der Waals surface area contributed by atoms with Gasteiger partial charge in [0.2, 0.25) is 0 Å². The van der Waals surface area contributed by atoms with E-state index in [0.29, 0.717) is 0 Å². The van der Waals surface area contributed by atoms with Crippen molar-refractivity contribution < 1.29 is 4.48 Å². The second-order valence-electron chi connectivity index (χ2n) is 10.8. The maximum Gasteiger partial charge on any atom is 0.125 e. The first-order valence-corrected chi connectivity index (χ1v) is 15.7. The number of hydrogen-bond donors (Lipinski definition) is 0. The molecule has 0 aromatic rings. The SMILES string of the molecule is CCCCCCCCCCCCCC[N+](C)(C)CSCCCCCCCCCCCC. The minimum absolute atomic E-state index is 1.21. The van der Waals surface area contributed by atoms with Crippen LogP contribution in [-0.4, -0.2) is 36.8 Å². The van der Waals surface area contributed by atoms with E-state index in [0.717, 1.165) is 0 Å². The van der Waals surface area contributed by atoms with Crippen molar-refractivity contribution in [3.63, 3.8) is 0 Å². The molecule has 0 N–H and O–H groups in total. The number of rotatable bonds is 26. The van der Waals surface area contributed by atoms with Gasteiger partial charge in [0, 0.05) is 0 Å². The molecule has 0 atom stereocenters. The van der Waals surface area contributed by atoms with E-state index in [1.54, 1.807) is 0 Å². The van der Waals surface area contributed by atoms with Gasteiger partial charge in [-0.05, 0) is 25.0 Å². The van der Waals surface area contributed by atoms with Crippen LogP contribution >= 0.6 is 11.8 Å². The largest absolute Gasteiger partial charge is 0.320 e.